The third kappa shape index (κ3) is 3.48. The number of hydrogen-bond donors (Lipinski definition) is 1. The second kappa shape index (κ2) is 7.17. The van der Waals surface area contributed by atoms with Crippen LogP contribution >= 0.6 is 0 Å². The van der Waals surface area contributed by atoms with Crippen LogP contribution in [0.5, 0.6) is 0 Å². The zero-order valence-corrected chi connectivity index (χ0v) is 17.0. The summed E-state index contributed by atoms with van der Waals surface area (Å²) in [5.41, 5.74) is 1.52. The summed E-state index contributed by atoms with van der Waals surface area (Å²) in [6.45, 7) is 0.419. The number of rotatable bonds is 5. The SMILES string of the molecule is O=C1CCN(S(=O)(=O)c2ccc3c(c2)c(Nc2ccc(F)cc2)nn3C2CC2)CC1. The first kappa shape index (κ1) is 19.2. The number of anilines is 2. The van der Waals surface area contributed by atoms with Crippen LogP contribution in [0.15, 0.2) is 47.4 Å². The van der Waals surface area contributed by atoms with E-state index in [1.54, 1.807) is 30.3 Å². The van der Waals surface area contributed by atoms with Gasteiger partial charge in [-0.05, 0) is 55.3 Å². The highest BCUT2D eigenvalue weighted by molar-refractivity contribution is 7.89. The monoisotopic (exact) mass is 428 g/mol. The summed E-state index contributed by atoms with van der Waals surface area (Å²) in [4.78, 5) is 11.7. The lowest BCUT2D eigenvalue weighted by molar-refractivity contribution is -0.120. The number of aromatic nitrogens is 2. The highest BCUT2D eigenvalue weighted by Gasteiger charge is 2.31. The van der Waals surface area contributed by atoms with E-state index < -0.39 is 10.0 Å². The predicted molar refractivity (Wildman–Crippen MR) is 111 cm³/mol. The fourth-order valence-electron chi connectivity index (χ4n) is 3.77. The molecule has 2 aliphatic rings. The smallest absolute Gasteiger partial charge is 0.243 e. The quantitative estimate of drug-likeness (QED) is 0.671. The standard InChI is InChI=1S/C21H21FN4O3S/c22-14-1-3-15(4-2-14)23-21-19-13-18(7-8-20(19)26(24-21)16-5-6-16)30(28,29)25-11-9-17(27)10-12-25/h1-4,7-8,13,16H,5-6,9-12H2,(H,23,24). The molecule has 1 aliphatic heterocycles. The number of fused-ring (bicyclic) bond motifs is 1. The Morgan fingerprint density at radius 1 is 1.03 bits per heavy atom. The molecular formula is C21H21FN4O3S. The summed E-state index contributed by atoms with van der Waals surface area (Å²) in [7, 11) is -3.70. The van der Waals surface area contributed by atoms with E-state index in [0.29, 0.717) is 22.9 Å². The van der Waals surface area contributed by atoms with Crippen LogP contribution in [0, 0.1) is 5.82 Å². The van der Waals surface area contributed by atoms with E-state index >= 15 is 0 Å². The number of halogens is 1. The van der Waals surface area contributed by atoms with Crippen LogP contribution in [0.1, 0.15) is 31.7 Å². The van der Waals surface area contributed by atoms with E-state index in [0.717, 1.165) is 18.4 Å². The van der Waals surface area contributed by atoms with Crippen molar-refractivity contribution in [2.75, 3.05) is 18.4 Å². The summed E-state index contributed by atoms with van der Waals surface area (Å²) >= 11 is 0. The number of carbonyl (C=O) groups excluding carboxylic acids is 1. The van der Waals surface area contributed by atoms with Crippen molar-refractivity contribution in [2.45, 2.75) is 36.6 Å². The summed E-state index contributed by atoms with van der Waals surface area (Å²) in [5, 5.41) is 8.56. The molecule has 1 aromatic heterocycles. The molecule has 1 saturated carbocycles. The Balaban J connectivity index is 1.55. The molecule has 0 atom stereocenters. The predicted octanol–water partition coefficient (Wildman–Crippen LogP) is 3.61. The Bertz CT molecular complexity index is 1220. The number of piperidine rings is 1. The number of nitrogens with zero attached hydrogens (tertiary/aromatic N) is 3. The van der Waals surface area contributed by atoms with Crippen LogP contribution in [0.2, 0.25) is 0 Å². The summed E-state index contributed by atoms with van der Waals surface area (Å²) in [5.74, 6) is 0.296. The molecule has 3 aromatic rings. The molecular weight excluding hydrogens is 407 g/mol. The molecule has 7 nitrogen and oxygen atoms in total. The molecule has 1 saturated heterocycles. The van der Waals surface area contributed by atoms with Gasteiger partial charge in [0.15, 0.2) is 5.82 Å². The maximum absolute atomic E-state index is 13.2. The Morgan fingerprint density at radius 2 is 1.73 bits per heavy atom. The summed E-state index contributed by atoms with van der Waals surface area (Å²) in [6.07, 6.45) is 2.57. The van der Waals surface area contributed by atoms with Gasteiger partial charge in [0, 0.05) is 37.0 Å². The number of benzene rings is 2. The number of carbonyl (C=O) groups is 1. The Labute approximate surface area is 173 Å². The first-order chi connectivity index (χ1) is 14.4. The maximum atomic E-state index is 13.2. The highest BCUT2D eigenvalue weighted by atomic mass is 32.2. The van der Waals surface area contributed by atoms with E-state index in [-0.39, 0.29) is 42.4 Å². The van der Waals surface area contributed by atoms with Crippen LogP contribution in [0.4, 0.5) is 15.9 Å². The van der Waals surface area contributed by atoms with Gasteiger partial charge in [0.05, 0.1) is 16.5 Å². The van der Waals surface area contributed by atoms with Crippen molar-refractivity contribution in [1.82, 2.24) is 14.1 Å². The van der Waals surface area contributed by atoms with Crippen molar-refractivity contribution in [3.05, 3.63) is 48.3 Å². The Hall–Kier alpha value is -2.78. The average molecular weight is 428 g/mol. The van der Waals surface area contributed by atoms with Gasteiger partial charge in [-0.2, -0.15) is 9.40 Å². The topological polar surface area (TPSA) is 84.3 Å². The molecule has 156 valence electrons. The maximum Gasteiger partial charge on any atom is 0.243 e. The highest BCUT2D eigenvalue weighted by Crippen LogP contribution is 2.40. The van der Waals surface area contributed by atoms with E-state index in [9.17, 15) is 17.6 Å². The summed E-state index contributed by atoms with van der Waals surface area (Å²) in [6, 6.07) is 11.3. The molecule has 0 radical (unpaired) electrons. The number of hydrogen-bond acceptors (Lipinski definition) is 5. The summed E-state index contributed by atoms with van der Waals surface area (Å²) < 4.78 is 42.8. The normalized spacial score (nSPS) is 18.1. The van der Waals surface area contributed by atoms with Gasteiger partial charge in [0.1, 0.15) is 11.6 Å². The molecule has 0 spiro atoms. The minimum absolute atomic E-state index is 0.0911. The lowest BCUT2D eigenvalue weighted by Gasteiger charge is -2.25. The number of ketones is 1. The van der Waals surface area contributed by atoms with Crippen molar-refractivity contribution < 1.29 is 17.6 Å². The molecule has 30 heavy (non-hydrogen) atoms. The van der Waals surface area contributed by atoms with Gasteiger partial charge >= 0.3 is 0 Å². The van der Waals surface area contributed by atoms with Gasteiger partial charge in [-0.15, -0.1) is 0 Å². The second-order valence-electron chi connectivity index (χ2n) is 7.78. The molecule has 1 aliphatic carbocycles. The largest absolute Gasteiger partial charge is 0.338 e. The number of nitrogens with one attached hydrogen (secondary N) is 1. The number of Topliss-reactive ketones (excluding diaryl/α,β-unsaturated/α-hetero) is 1. The van der Waals surface area contributed by atoms with Gasteiger partial charge in [0.2, 0.25) is 10.0 Å². The molecule has 2 fully saturated rings. The van der Waals surface area contributed by atoms with Crippen LogP contribution in [-0.4, -0.2) is 41.4 Å². The fourth-order valence-corrected chi connectivity index (χ4v) is 5.23. The van der Waals surface area contributed by atoms with E-state index in [1.165, 1.54) is 16.4 Å². The zero-order chi connectivity index (χ0) is 20.9. The molecule has 5 rings (SSSR count). The molecule has 0 bridgehead atoms. The van der Waals surface area contributed by atoms with Crippen LogP contribution in [0.3, 0.4) is 0 Å². The van der Waals surface area contributed by atoms with Crippen LogP contribution in [-0.2, 0) is 14.8 Å². The van der Waals surface area contributed by atoms with Gasteiger partial charge in [0.25, 0.3) is 0 Å². The zero-order valence-electron chi connectivity index (χ0n) is 16.2. The van der Waals surface area contributed by atoms with Crippen molar-refractivity contribution in [1.29, 1.82) is 0 Å². The molecule has 2 aromatic carbocycles. The fraction of sp³-hybridized carbons (Fsp3) is 0.333. The number of sulfonamides is 1. The van der Waals surface area contributed by atoms with Gasteiger partial charge < -0.3 is 5.32 Å². The van der Waals surface area contributed by atoms with Gasteiger partial charge in [-0.1, -0.05) is 0 Å². The second-order valence-corrected chi connectivity index (χ2v) is 9.72. The molecule has 9 heteroatoms. The molecule has 1 N–H and O–H groups in total. The first-order valence-electron chi connectivity index (χ1n) is 9.98. The molecule has 2 heterocycles. The minimum atomic E-state index is -3.70. The van der Waals surface area contributed by atoms with Crippen LogP contribution < -0.4 is 5.32 Å². The third-order valence-corrected chi connectivity index (χ3v) is 7.49. The van der Waals surface area contributed by atoms with Gasteiger partial charge in [-0.25, -0.2) is 12.8 Å². The Kier molecular flexibility index (Phi) is 4.59. The lowest BCUT2D eigenvalue weighted by atomic mass is 10.1. The van der Waals surface area contributed by atoms with E-state index in [2.05, 4.69) is 10.4 Å². The van der Waals surface area contributed by atoms with Gasteiger partial charge in [-0.3, -0.25) is 9.48 Å². The van der Waals surface area contributed by atoms with Crippen LogP contribution in [0.25, 0.3) is 10.9 Å². The molecule has 0 unspecified atom stereocenters. The molecule has 0 amide bonds. The van der Waals surface area contributed by atoms with E-state index in [4.69, 9.17) is 0 Å². The third-order valence-electron chi connectivity index (χ3n) is 5.60. The van der Waals surface area contributed by atoms with Crippen molar-refractivity contribution in [3.63, 3.8) is 0 Å². The average Bonchev–Trinajstić information content (AvgIpc) is 3.52. The van der Waals surface area contributed by atoms with Crippen molar-refractivity contribution >= 4 is 38.2 Å². The van der Waals surface area contributed by atoms with E-state index in [1.807, 2.05) is 4.68 Å². The lowest BCUT2D eigenvalue weighted by Crippen LogP contribution is -2.38. The minimum Gasteiger partial charge on any atom is -0.338 e. The Morgan fingerprint density at radius 3 is 2.40 bits per heavy atom. The van der Waals surface area contributed by atoms with Crippen molar-refractivity contribution in [2.24, 2.45) is 0 Å². The first-order valence-corrected chi connectivity index (χ1v) is 11.4. The van der Waals surface area contributed by atoms with Crippen molar-refractivity contribution in [3.8, 4) is 0 Å².